The van der Waals surface area contributed by atoms with E-state index in [9.17, 15) is 0 Å². The van der Waals surface area contributed by atoms with Gasteiger partial charge >= 0.3 is 0 Å². The van der Waals surface area contributed by atoms with E-state index in [0.717, 1.165) is 11.8 Å². The van der Waals surface area contributed by atoms with Crippen molar-refractivity contribution in [2.75, 3.05) is 31.1 Å². The van der Waals surface area contributed by atoms with Gasteiger partial charge in [-0.1, -0.05) is 19.8 Å². The van der Waals surface area contributed by atoms with E-state index in [1.165, 1.54) is 63.2 Å². The van der Waals surface area contributed by atoms with Gasteiger partial charge in [-0.25, -0.2) is 0 Å². The third kappa shape index (κ3) is 4.15. The van der Waals surface area contributed by atoms with Gasteiger partial charge in [0.1, 0.15) is 0 Å². The van der Waals surface area contributed by atoms with E-state index >= 15 is 0 Å². The number of hydrogen-bond acceptors (Lipinski definition) is 3. The Balaban J connectivity index is 1.80. The summed E-state index contributed by atoms with van der Waals surface area (Å²) in [5.41, 5.74) is 6.32. The maximum Gasteiger partial charge on any atom is 0.00795 e. The fourth-order valence-corrected chi connectivity index (χ4v) is 4.36. The highest BCUT2D eigenvalue weighted by atomic mass is 32.2. The summed E-state index contributed by atoms with van der Waals surface area (Å²) >= 11 is 2.10. The van der Waals surface area contributed by atoms with Crippen LogP contribution < -0.4 is 5.73 Å². The minimum absolute atomic E-state index is 0.470. The van der Waals surface area contributed by atoms with Gasteiger partial charge in [-0.15, -0.1) is 0 Å². The third-order valence-electron chi connectivity index (χ3n) is 4.44. The summed E-state index contributed by atoms with van der Waals surface area (Å²) in [6.45, 7) is 6.14. The molecule has 3 heteroatoms. The van der Waals surface area contributed by atoms with Crippen LogP contribution in [-0.2, 0) is 0 Å². The highest BCUT2D eigenvalue weighted by molar-refractivity contribution is 7.99. The molecule has 0 bridgehead atoms. The van der Waals surface area contributed by atoms with Gasteiger partial charge in [0.2, 0.25) is 0 Å². The number of hydrogen-bond donors (Lipinski definition) is 1. The first-order valence-electron chi connectivity index (χ1n) is 7.35. The molecule has 17 heavy (non-hydrogen) atoms. The van der Waals surface area contributed by atoms with Crippen LogP contribution in [0.1, 0.15) is 39.0 Å². The van der Waals surface area contributed by atoms with Crippen molar-refractivity contribution >= 4 is 11.8 Å². The fraction of sp³-hybridized carbons (Fsp3) is 1.00. The predicted octanol–water partition coefficient (Wildman–Crippen LogP) is 2.58. The van der Waals surface area contributed by atoms with Gasteiger partial charge in [0.05, 0.1) is 0 Å². The molecule has 0 aromatic heterocycles. The normalized spacial score (nSPS) is 36.0. The van der Waals surface area contributed by atoms with Gasteiger partial charge in [0, 0.05) is 37.2 Å². The molecule has 0 aromatic carbocycles. The van der Waals surface area contributed by atoms with E-state index in [4.69, 9.17) is 5.73 Å². The Labute approximate surface area is 111 Å². The summed E-state index contributed by atoms with van der Waals surface area (Å²) in [7, 11) is 0. The molecule has 3 atom stereocenters. The minimum Gasteiger partial charge on any atom is -0.327 e. The lowest BCUT2D eigenvalue weighted by molar-refractivity contribution is 0.159. The largest absolute Gasteiger partial charge is 0.327 e. The first-order chi connectivity index (χ1) is 8.29. The van der Waals surface area contributed by atoms with Crippen LogP contribution in [0.25, 0.3) is 0 Å². The third-order valence-corrected chi connectivity index (χ3v) is 5.39. The molecule has 2 aliphatic rings. The maximum absolute atomic E-state index is 6.32. The molecule has 0 radical (unpaired) electrons. The number of thioether (sulfide) groups is 1. The van der Waals surface area contributed by atoms with E-state index in [1.54, 1.807) is 0 Å². The fourth-order valence-electron chi connectivity index (χ4n) is 3.38. The number of nitrogens with two attached hydrogens (primary N) is 1. The Morgan fingerprint density at radius 3 is 2.71 bits per heavy atom. The SMILES string of the molecule is CCCC1CCC(N)C(CN2CCSCC2)C1. The summed E-state index contributed by atoms with van der Waals surface area (Å²) in [5, 5.41) is 0. The van der Waals surface area contributed by atoms with Crippen LogP contribution in [0.15, 0.2) is 0 Å². The van der Waals surface area contributed by atoms with Crippen molar-refractivity contribution < 1.29 is 0 Å². The Kier molecular flexibility index (Phi) is 5.64. The van der Waals surface area contributed by atoms with Crippen LogP contribution in [0.3, 0.4) is 0 Å². The predicted molar refractivity (Wildman–Crippen MR) is 77.5 cm³/mol. The van der Waals surface area contributed by atoms with Crippen LogP contribution >= 0.6 is 11.8 Å². The molecule has 100 valence electrons. The molecule has 3 unspecified atom stereocenters. The van der Waals surface area contributed by atoms with Gasteiger partial charge in [-0.2, -0.15) is 11.8 Å². The first-order valence-corrected chi connectivity index (χ1v) is 8.50. The molecule has 0 spiro atoms. The molecular weight excluding hydrogens is 228 g/mol. The zero-order valence-electron chi connectivity index (χ0n) is 11.2. The van der Waals surface area contributed by atoms with Gasteiger partial charge in [-0.05, 0) is 31.1 Å². The lowest BCUT2D eigenvalue weighted by Gasteiger charge is -2.38. The molecule has 1 aliphatic carbocycles. The van der Waals surface area contributed by atoms with E-state index in [0.29, 0.717) is 6.04 Å². The first kappa shape index (κ1) is 13.7. The quantitative estimate of drug-likeness (QED) is 0.838. The minimum atomic E-state index is 0.470. The van der Waals surface area contributed by atoms with Crippen molar-refractivity contribution in [1.82, 2.24) is 4.90 Å². The van der Waals surface area contributed by atoms with Crippen molar-refractivity contribution in [3.63, 3.8) is 0 Å². The van der Waals surface area contributed by atoms with Crippen LogP contribution in [0, 0.1) is 11.8 Å². The van der Waals surface area contributed by atoms with Gasteiger partial charge in [0.15, 0.2) is 0 Å². The topological polar surface area (TPSA) is 29.3 Å². The number of rotatable bonds is 4. The molecule has 1 aliphatic heterocycles. The Hall–Kier alpha value is 0.270. The smallest absolute Gasteiger partial charge is 0.00795 e. The molecule has 1 saturated heterocycles. The Bertz CT molecular complexity index is 216. The molecule has 2 fully saturated rings. The molecular formula is C14H28N2S. The summed E-state index contributed by atoms with van der Waals surface area (Å²) in [6, 6.07) is 0.470. The Morgan fingerprint density at radius 1 is 1.24 bits per heavy atom. The van der Waals surface area contributed by atoms with Crippen molar-refractivity contribution in [3.05, 3.63) is 0 Å². The lowest BCUT2D eigenvalue weighted by Crippen LogP contribution is -2.45. The second-order valence-electron chi connectivity index (χ2n) is 5.80. The van der Waals surface area contributed by atoms with Crippen molar-refractivity contribution in [2.24, 2.45) is 17.6 Å². The van der Waals surface area contributed by atoms with Crippen LogP contribution in [0.5, 0.6) is 0 Å². The summed E-state index contributed by atoms with van der Waals surface area (Å²) in [6.07, 6.45) is 6.78. The summed E-state index contributed by atoms with van der Waals surface area (Å²) in [5.74, 6) is 4.37. The standard InChI is InChI=1S/C14H28N2S/c1-2-3-12-4-5-14(15)13(10-12)11-16-6-8-17-9-7-16/h12-14H,2-11,15H2,1H3. The van der Waals surface area contributed by atoms with Crippen molar-refractivity contribution in [1.29, 1.82) is 0 Å². The molecule has 1 heterocycles. The van der Waals surface area contributed by atoms with Crippen molar-refractivity contribution in [3.8, 4) is 0 Å². The highest BCUT2D eigenvalue weighted by Crippen LogP contribution is 2.32. The summed E-state index contributed by atoms with van der Waals surface area (Å²) in [4.78, 5) is 2.65. The van der Waals surface area contributed by atoms with Gasteiger partial charge < -0.3 is 10.6 Å². The van der Waals surface area contributed by atoms with E-state index in [2.05, 4.69) is 23.6 Å². The molecule has 1 saturated carbocycles. The zero-order valence-corrected chi connectivity index (χ0v) is 12.1. The van der Waals surface area contributed by atoms with Gasteiger partial charge in [0.25, 0.3) is 0 Å². The molecule has 0 aromatic rings. The molecule has 0 amide bonds. The van der Waals surface area contributed by atoms with Crippen LogP contribution in [-0.4, -0.2) is 42.1 Å². The zero-order chi connectivity index (χ0) is 12.1. The van der Waals surface area contributed by atoms with Crippen LogP contribution in [0.2, 0.25) is 0 Å². The van der Waals surface area contributed by atoms with Gasteiger partial charge in [-0.3, -0.25) is 0 Å². The number of nitrogens with zero attached hydrogens (tertiary/aromatic N) is 1. The highest BCUT2D eigenvalue weighted by Gasteiger charge is 2.29. The van der Waals surface area contributed by atoms with E-state index in [-0.39, 0.29) is 0 Å². The molecule has 2 N–H and O–H groups in total. The van der Waals surface area contributed by atoms with Crippen molar-refractivity contribution in [2.45, 2.75) is 45.1 Å². The van der Waals surface area contributed by atoms with E-state index < -0.39 is 0 Å². The monoisotopic (exact) mass is 256 g/mol. The van der Waals surface area contributed by atoms with Crippen LogP contribution in [0.4, 0.5) is 0 Å². The molecule has 2 rings (SSSR count). The maximum atomic E-state index is 6.32. The average Bonchev–Trinajstić information content (AvgIpc) is 2.35. The second-order valence-corrected chi connectivity index (χ2v) is 7.03. The molecule has 2 nitrogen and oxygen atoms in total. The summed E-state index contributed by atoms with van der Waals surface area (Å²) < 4.78 is 0. The lowest BCUT2D eigenvalue weighted by atomic mass is 9.76. The average molecular weight is 256 g/mol. The van der Waals surface area contributed by atoms with E-state index in [1.807, 2.05) is 0 Å². The Morgan fingerprint density at radius 2 is 2.00 bits per heavy atom. The second kappa shape index (κ2) is 7.01.